The molecule has 0 saturated carbocycles. The van der Waals surface area contributed by atoms with Crippen LogP contribution in [0.4, 0.5) is 5.69 Å². The van der Waals surface area contributed by atoms with E-state index in [0.29, 0.717) is 0 Å². The smallest absolute Gasteiger partial charge is 0.240 e. The average molecular weight is 230 g/mol. The van der Waals surface area contributed by atoms with Gasteiger partial charge in [0.2, 0.25) is 10.0 Å². The molecule has 0 aliphatic rings. The quantitative estimate of drug-likeness (QED) is 0.665. The van der Waals surface area contributed by atoms with Crippen LogP contribution in [0.3, 0.4) is 0 Å². The van der Waals surface area contributed by atoms with Gasteiger partial charge in [-0.3, -0.25) is 0 Å². The van der Waals surface area contributed by atoms with Gasteiger partial charge in [-0.05, 0) is 24.3 Å². The summed E-state index contributed by atoms with van der Waals surface area (Å²) >= 11 is 0. The molecular weight excluding hydrogens is 216 g/mol. The minimum Gasteiger partial charge on any atom is -0.395 e. The van der Waals surface area contributed by atoms with Crippen molar-refractivity contribution < 1.29 is 13.5 Å². The van der Waals surface area contributed by atoms with Crippen LogP contribution in [0, 0.1) is 0 Å². The minimum absolute atomic E-state index is 0.0239. The fourth-order valence-corrected chi connectivity index (χ4v) is 2.09. The Morgan fingerprint density at radius 1 is 1.27 bits per heavy atom. The fraction of sp³-hybridized carbons (Fsp3) is 0.333. The molecule has 15 heavy (non-hydrogen) atoms. The zero-order chi connectivity index (χ0) is 11.3. The second-order valence-corrected chi connectivity index (χ2v) is 4.66. The highest BCUT2D eigenvalue weighted by molar-refractivity contribution is 7.89. The number of hydrogen-bond acceptors (Lipinski definition) is 4. The number of aliphatic hydroxyl groups excluding tert-OH is 1. The number of benzene rings is 1. The van der Waals surface area contributed by atoms with Crippen LogP contribution in [-0.2, 0) is 10.0 Å². The summed E-state index contributed by atoms with van der Waals surface area (Å²) in [5.41, 5.74) is 0.844. The number of anilines is 1. The van der Waals surface area contributed by atoms with E-state index < -0.39 is 10.0 Å². The summed E-state index contributed by atoms with van der Waals surface area (Å²) in [6.07, 6.45) is 0. The highest BCUT2D eigenvalue weighted by Crippen LogP contribution is 2.12. The van der Waals surface area contributed by atoms with E-state index in [-0.39, 0.29) is 18.0 Å². The Hall–Kier alpha value is -1.11. The summed E-state index contributed by atoms with van der Waals surface area (Å²) in [4.78, 5) is 0.190. The summed E-state index contributed by atoms with van der Waals surface area (Å²) in [5, 5.41) is 11.4. The molecule has 0 amide bonds. The Balaban J connectivity index is 2.86. The van der Waals surface area contributed by atoms with Crippen LogP contribution in [0.1, 0.15) is 0 Å². The number of aliphatic hydroxyl groups is 1. The van der Waals surface area contributed by atoms with E-state index in [4.69, 9.17) is 5.11 Å². The topological polar surface area (TPSA) is 78.4 Å². The molecule has 0 unspecified atom stereocenters. The van der Waals surface area contributed by atoms with Gasteiger partial charge < -0.3 is 10.4 Å². The first-order valence-corrected chi connectivity index (χ1v) is 5.97. The monoisotopic (exact) mass is 230 g/mol. The molecule has 0 fully saturated rings. The molecule has 84 valence electrons. The zero-order valence-electron chi connectivity index (χ0n) is 8.40. The molecule has 0 aromatic heterocycles. The molecule has 1 aromatic rings. The molecule has 1 rings (SSSR count). The van der Waals surface area contributed by atoms with Gasteiger partial charge in [-0.15, -0.1) is 0 Å². The molecule has 0 aliphatic heterocycles. The van der Waals surface area contributed by atoms with Crippen molar-refractivity contribution in [3.05, 3.63) is 24.3 Å². The summed E-state index contributed by atoms with van der Waals surface area (Å²) in [6.45, 7) is -0.191. The molecule has 0 aliphatic carbocycles. The molecule has 0 spiro atoms. The van der Waals surface area contributed by atoms with E-state index in [0.717, 1.165) is 5.69 Å². The summed E-state index contributed by atoms with van der Waals surface area (Å²) in [7, 11) is -1.73. The number of nitrogens with one attached hydrogen (secondary N) is 2. The minimum atomic E-state index is -3.49. The van der Waals surface area contributed by atoms with Crippen molar-refractivity contribution in [1.82, 2.24) is 4.72 Å². The van der Waals surface area contributed by atoms with Crippen LogP contribution in [-0.4, -0.2) is 33.7 Å². The first kappa shape index (κ1) is 12.0. The number of rotatable bonds is 5. The lowest BCUT2D eigenvalue weighted by Crippen LogP contribution is -2.26. The van der Waals surface area contributed by atoms with Gasteiger partial charge in [0.1, 0.15) is 0 Å². The fourth-order valence-electron chi connectivity index (χ4n) is 1.06. The molecule has 0 heterocycles. The van der Waals surface area contributed by atoms with Crippen molar-refractivity contribution in [2.75, 3.05) is 25.5 Å². The predicted molar refractivity (Wildman–Crippen MR) is 58.3 cm³/mol. The third kappa shape index (κ3) is 3.19. The van der Waals surface area contributed by atoms with Crippen LogP contribution in [0.2, 0.25) is 0 Å². The van der Waals surface area contributed by atoms with Crippen molar-refractivity contribution in [2.24, 2.45) is 0 Å². The lowest BCUT2D eigenvalue weighted by molar-refractivity contribution is 0.301. The highest BCUT2D eigenvalue weighted by Gasteiger charge is 2.12. The molecule has 0 saturated heterocycles. The Bertz CT molecular complexity index is 400. The molecule has 0 radical (unpaired) electrons. The molecule has 1 aromatic carbocycles. The van der Waals surface area contributed by atoms with Crippen LogP contribution in [0.15, 0.2) is 29.2 Å². The Labute approximate surface area is 89.2 Å². The molecule has 5 nitrogen and oxygen atoms in total. The molecular formula is C9H14N2O3S. The molecule has 0 bridgehead atoms. The Morgan fingerprint density at radius 2 is 1.87 bits per heavy atom. The molecule has 0 atom stereocenters. The van der Waals surface area contributed by atoms with Gasteiger partial charge in [-0.2, -0.15) is 0 Å². The standard InChI is InChI=1S/C9H14N2O3S/c1-10-8-2-4-9(5-3-8)15(13,14)11-6-7-12/h2-5,10-12H,6-7H2,1H3. The van der Waals surface area contributed by atoms with Crippen molar-refractivity contribution >= 4 is 15.7 Å². The van der Waals surface area contributed by atoms with Crippen molar-refractivity contribution in [1.29, 1.82) is 0 Å². The van der Waals surface area contributed by atoms with Gasteiger partial charge in [-0.1, -0.05) is 0 Å². The van der Waals surface area contributed by atoms with E-state index in [1.54, 1.807) is 19.2 Å². The number of hydrogen-bond donors (Lipinski definition) is 3. The third-order valence-electron chi connectivity index (χ3n) is 1.86. The summed E-state index contributed by atoms with van der Waals surface area (Å²) < 4.78 is 25.4. The third-order valence-corrected chi connectivity index (χ3v) is 3.33. The van der Waals surface area contributed by atoms with Crippen molar-refractivity contribution in [2.45, 2.75) is 4.90 Å². The largest absolute Gasteiger partial charge is 0.395 e. The normalized spacial score (nSPS) is 11.3. The van der Waals surface area contributed by atoms with Crippen LogP contribution >= 0.6 is 0 Å². The predicted octanol–water partition coefficient (Wildman–Crippen LogP) is -0.00110. The lowest BCUT2D eigenvalue weighted by atomic mass is 10.3. The first-order valence-electron chi connectivity index (χ1n) is 4.48. The van der Waals surface area contributed by atoms with Gasteiger partial charge in [0.25, 0.3) is 0 Å². The maximum absolute atomic E-state index is 11.5. The van der Waals surface area contributed by atoms with Gasteiger partial charge >= 0.3 is 0 Å². The maximum Gasteiger partial charge on any atom is 0.240 e. The van der Waals surface area contributed by atoms with E-state index in [1.165, 1.54) is 12.1 Å². The first-order chi connectivity index (χ1) is 7.10. The maximum atomic E-state index is 11.5. The van der Waals surface area contributed by atoms with Crippen LogP contribution in [0.5, 0.6) is 0 Å². The van der Waals surface area contributed by atoms with Crippen LogP contribution < -0.4 is 10.0 Å². The highest BCUT2D eigenvalue weighted by atomic mass is 32.2. The summed E-state index contributed by atoms with van der Waals surface area (Å²) in [5.74, 6) is 0. The van der Waals surface area contributed by atoms with Gasteiger partial charge in [0.15, 0.2) is 0 Å². The van der Waals surface area contributed by atoms with E-state index in [1.807, 2.05) is 0 Å². The second-order valence-electron chi connectivity index (χ2n) is 2.90. The zero-order valence-corrected chi connectivity index (χ0v) is 9.21. The SMILES string of the molecule is CNc1ccc(S(=O)(=O)NCCO)cc1. The van der Waals surface area contributed by atoms with Crippen LogP contribution in [0.25, 0.3) is 0 Å². The van der Waals surface area contributed by atoms with Crippen molar-refractivity contribution in [3.63, 3.8) is 0 Å². The second kappa shape index (κ2) is 5.11. The Morgan fingerprint density at radius 3 is 2.33 bits per heavy atom. The van der Waals surface area contributed by atoms with E-state index >= 15 is 0 Å². The molecule has 6 heteroatoms. The van der Waals surface area contributed by atoms with Gasteiger partial charge in [0, 0.05) is 19.3 Å². The Kier molecular flexibility index (Phi) is 4.07. The number of sulfonamides is 1. The van der Waals surface area contributed by atoms with Gasteiger partial charge in [0.05, 0.1) is 11.5 Å². The van der Waals surface area contributed by atoms with Gasteiger partial charge in [-0.25, -0.2) is 13.1 Å². The lowest BCUT2D eigenvalue weighted by Gasteiger charge is -2.06. The summed E-state index contributed by atoms with van der Waals surface area (Å²) in [6, 6.07) is 6.36. The molecule has 3 N–H and O–H groups in total. The van der Waals surface area contributed by atoms with E-state index in [2.05, 4.69) is 10.0 Å². The van der Waals surface area contributed by atoms with E-state index in [9.17, 15) is 8.42 Å². The average Bonchev–Trinajstić information content (AvgIpc) is 2.26. The van der Waals surface area contributed by atoms with Crippen molar-refractivity contribution in [3.8, 4) is 0 Å².